The standard InChI is InChI=1S/C12H15N3O4/c1-8(11(17)19-7-10(13)16)14-12(18)15-9-5-3-2-4-6-9/h2-6,8H,7H2,1H3,(H2,13,16)(H2,14,15,18)/t8-/m0/s1. The minimum absolute atomic E-state index is 0.509. The van der Waals surface area contributed by atoms with Crippen LogP contribution in [0.15, 0.2) is 30.3 Å². The van der Waals surface area contributed by atoms with E-state index >= 15 is 0 Å². The normalized spacial score (nSPS) is 11.2. The van der Waals surface area contributed by atoms with Gasteiger partial charge in [-0.1, -0.05) is 18.2 Å². The summed E-state index contributed by atoms with van der Waals surface area (Å²) in [6, 6.07) is 7.32. The van der Waals surface area contributed by atoms with Gasteiger partial charge in [0, 0.05) is 5.69 Å². The van der Waals surface area contributed by atoms with Crippen LogP contribution in [0.25, 0.3) is 0 Å². The second kappa shape index (κ2) is 7.00. The summed E-state index contributed by atoms with van der Waals surface area (Å²) in [6.45, 7) is 0.930. The molecule has 0 aromatic heterocycles. The van der Waals surface area contributed by atoms with Crippen molar-refractivity contribution in [3.8, 4) is 0 Å². The van der Waals surface area contributed by atoms with Crippen molar-refractivity contribution in [1.82, 2.24) is 5.32 Å². The topological polar surface area (TPSA) is 111 Å². The highest BCUT2D eigenvalue weighted by molar-refractivity contribution is 5.92. The molecule has 19 heavy (non-hydrogen) atoms. The maximum absolute atomic E-state index is 11.5. The lowest BCUT2D eigenvalue weighted by atomic mass is 10.3. The van der Waals surface area contributed by atoms with Crippen LogP contribution in [0.2, 0.25) is 0 Å². The summed E-state index contributed by atoms with van der Waals surface area (Å²) in [6.07, 6.45) is 0. The number of benzene rings is 1. The lowest BCUT2D eigenvalue weighted by Crippen LogP contribution is -2.42. The fourth-order valence-corrected chi connectivity index (χ4v) is 1.21. The Hall–Kier alpha value is -2.57. The van der Waals surface area contributed by atoms with Crippen LogP contribution in [0, 0.1) is 0 Å². The van der Waals surface area contributed by atoms with Crippen LogP contribution in [-0.4, -0.2) is 30.6 Å². The van der Waals surface area contributed by atoms with Gasteiger partial charge in [0.25, 0.3) is 5.91 Å². The van der Waals surface area contributed by atoms with Crippen molar-refractivity contribution in [2.24, 2.45) is 5.73 Å². The molecular formula is C12H15N3O4. The largest absolute Gasteiger partial charge is 0.454 e. The SMILES string of the molecule is C[C@H](NC(=O)Nc1ccccc1)C(=O)OCC(N)=O. The Morgan fingerprint density at radius 3 is 2.47 bits per heavy atom. The summed E-state index contributed by atoms with van der Waals surface area (Å²) in [5.41, 5.74) is 5.42. The van der Waals surface area contributed by atoms with Crippen LogP contribution in [0.1, 0.15) is 6.92 Å². The fraction of sp³-hybridized carbons (Fsp3) is 0.250. The van der Waals surface area contributed by atoms with Crippen molar-refractivity contribution < 1.29 is 19.1 Å². The zero-order valence-corrected chi connectivity index (χ0v) is 10.4. The maximum Gasteiger partial charge on any atom is 0.328 e. The number of amides is 3. The first-order valence-electron chi connectivity index (χ1n) is 5.56. The lowest BCUT2D eigenvalue weighted by molar-refractivity contribution is -0.149. The number of rotatable bonds is 5. The molecule has 0 saturated carbocycles. The molecule has 0 spiro atoms. The highest BCUT2D eigenvalue weighted by Crippen LogP contribution is 2.04. The van der Waals surface area contributed by atoms with E-state index in [-0.39, 0.29) is 0 Å². The van der Waals surface area contributed by atoms with Gasteiger partial charge in [-0.05, 0) is 19.1 Å². The van der Waals surface area contributed by atoms with Gasteiger partial charge in [0.15, 0.2) is 6.61 Å². The Labute approximate surface area is 110 Å². The molecule has 0 bridgehead atoms. The third kappa shape index (κ3) is 5.53. The smallest absolute Gasteiger partial charge is 0.328 e. The number of esters is 1. The van der Waals surface area contributed by atoms with E-state index in [9.17, 15) is 14.4 Å². The van der Waals surface area contributed by atoms with Crippen LogP contribution in [-0.2, 0) is 14.3 Å². The summed E-state index contributed by atoms with van der Waals surface area (Å²) in [7, 11) is 0. The third-order valence-electron chi connectivity index (χ3n) is 2.09. The van der Waals surface area contributed by atoms with Crippen molar-refractivity contribution in [3.05, 3.63) is 30.3 Å². The molecule has 0 aliphatic heterocycles. The van der Waals surface area contributed by atoms with Crippen LogP contribution < -0.4 is 16.4 Å². The molecule has 3 amide bonds. The second-order valence-electron chi connectivity index (χ2n) is 3.76. The van der Waals surface area contributed by atoms with E-state index in [2.05, 4.69) is 15.4 Å². The van der Waals surface area contributed by atoms with Gasteiger partial charge in [0.2, 0.25) is 0 Å². The predicted molar refractivity (Wildman–Crippen MR) is 68.2 cm³/mol. The molecule has 102 valence electrons. The molecule has 0 heterocycles. The molecule has 1 aromatic rings. The Kier molecular flexibility index (Phi) is 5.34. The van der Waals surface area contributed by atoms with Crippen molar-refractivity contribution in [3.63, 3.8) is 0 Å². The molecule has 1 rings (SSSR count). The molecule has 0 aliphatic carbocycles. The van der Waals surface area contributed by atoms with Crippen molar-refractivity contribution >= 4 is 23.6 Å². The van der Waals surface area contributed by atoms with E-state index in [1.54, 1.807) is 24.3 Å². The first-order chi connectivity index (χ1) is 8.99. The molecule has 0 fully saturated rings. The summed E-state index contributed by atoms with van der Waals surface area (Å²) < 4.78 is 4.56. The highest BCUT2D eigenvalue weighted by Gasteiger charge is 2.17. The Balaban J connectivity index is 2.39. The molecule has 0 unspecified atom stereocenters. The number of carbonyl (C=O) groups excluding carboxylic acids is 3. The zero-order chi connectivity index (χ0) is 14.3. The van der Waals surface area contributed by atoms with E-state index < -0.39 is 30.6 Å². The second-order valence-corrected chi connectivity index (χ2v) is 3.76. The van der Waals surface area contributed by atoms with Crippen LogP contribution >= 0.6 is 0 Å². The summed E-state index contributed by atoms with van der Waals surface area (Å²) in [5, 5.41) is 4.92. The van der Waals surface area contributed by atoms with Crippen LogP contribution in [0.5, 0.6) is 0 Å². The van der Waals surface area contributed by atoms with Gasteiger partial charge in [-0.3, -0.25) is 4.79 Å². The van der Waals surface area contributed by atoms with Gasteiger partial charge in [-0.2, -0.15) is 0 Å². The number of ether oxygens (including phenoxy) is 1. The summed E-state index contributed by atoms with van der Waals surface area (Å²) in [4.78, 5) is 33.3. The van der Waals surface area contributed by atoms with Gasteiger partial charge >= 0.3 is 12.0 Å². The van der Waals surface area contributed by atoms with Gasteiger partial charge < -0.3 is 21.1 Å². The van der Waals surface area contributed by atoms with E-state index in [0.717, 1.165) is 0 Å². The van der Waals surface area contributed by atoms with Crippen LogP contribution in [0.3, 0.4) is 0 Å². The van der Waals surface area contributed by atoms with Crippen molar-refractivity contribution in [1.29, 1.82) is 0 Å². The molecule has 4 N–H and O–H groups in total. The van der Waals surface area contributed by atoms with E-state index in [1.165, 1.54) is 6.92 Å². The third-order valence-corrected chi connectivity index (χ3v) is 2.09. The van der Waals surface area contributed by atoms with Gasteiger partial charge in [-0.25, -0.2) is 9.59 Å². The van der Waals surface area contributed by atoms with Crippen molar-refractivity contribution in [2.45, 2.75) is 13.0 Å². The predicted octanol–water partition coefficient (Wildman–Crippen LogP) is 0.225. The quantitative estimate of drug-likeness (QED) is 0.661. The number of para-hydroxylation sites is 1. The molecule has 1 atom stereocenters. The van der Waals surface area contributed by atoms with Gasteiger partial charge in [0.1, 0.15) is 6.04 Å². The number of hydrogen-bond acceptors (Lipinski definition) is 4. The minimum atomic E-state index is -0.886. The number of carbonyl (C=O) groups is 3. The number of hydrogen-bond donors (Lipinski definition) is 3. The first kappa shape index (κ1) is 14.5. The summed E-state index contributed by atoms with van der Waals surface area (Å²) in [5.74, 6) is -1.49. The monoisotopic (exact) mass is 265 g/mol. The average Bonchev–Trinajstić information content (AvgIpc) is 2.36. The minimum Gasteiger partial charge on any atom is -0.454 e. The molecule has 7 nitrogen and oxygen atoms in total. The molecular weight excluding hydrogens is 250 g/mol. The summed E-state index contributed by atoms with van der Waals surface area (Å²) >= 11 is 0. The fourth-order valence-electron chi connectivity index (χ4n) is 1.21. The maximum atomic E-state index is 11.5. The number of nitrogens with two attached hydrogens (primary N) is 1. The molecule has 0 aliphatic rings. The lowest BCUT2D eigenvalue weighted by Gasteiger charge is -2.13. The number of anilines is 1. The Morgan fingerprint density at radius 1 is 1.26 bits per heavy atom. The van der Waals surface area contributed by atoms with E-state index in [4.69, 9.17) is 5.73 Å². The average molecular weight is 265 g/mol. The zero-order valence-electron chi connectivity index (χ0n) is 10.4. The number of nitrogens with one attached hydrogen (secondary N) is 2. The number of urea groups is 1. The Morgan fingerprint density at radius 2 is 1.89 bits per heavy atom. The van der Waals surface area contributed by atoms with Crippen LogP contribution in [0.4, 0.5) is 10.5 Å². The van der Waals surface area contributed by atoms with Gasteiger partial charge in [0.05, 0.1) is 0 Å². The first-order valence-corrected chi connectivity index (χ1v) is 5.56. The molecule has 7 heteroatoms. The van der Waals surface area contributed by atoms with Crippen molar-refractivity contribution in [2.75, 3.05) is 11.9 Å². The highest BCUT2D eigenvalue weighted by atomic mass is 16.5. The number of primary amides is 1. The molecule has 1 aromatic carbocycles. The molecule has 0 saturated heterocycles. The van der Waals surface area contributed by atoms with E-state index in [1.807, 2.05) is 6.07 Å². The van der Waals surface area contributed by atoms with Gasteiger partial charge in [-0.15, -0.1) is 0 Å². The Bertz CT molecular complexity index is 461. The molecule has 0 radical (unpaired) electrons. The van der Waals surface area contributed by atoms with E-state index in [0.29, 0.717) is 5.69 Å².